The molecule has 0 N–H and O–H groups in total. The molecule has 224 valence electrons. The predicted octanol–water partition coefficient (Wildman–Crippen LogP) is 7.12. The van der Waals surface area contributed by atoms with Crippen molar-refractivity contribution in [3.8, 4) is 38.7 Å². The number of aromatic nitrogens is 2. The van der Waals surface area contributed by atoms with Crippen molar-refractivity contribution in [2.75, 3.05) is 6.61 Å². The van der Waals surface area contributed by atoms with Crippen molar-refractivity contribution >= 4 is 17.4 Å². The Morgan fingerprint density at radius 2 is 1.88 bits per heavy atom. The average molecular weight is 597 g/mol. The van der Waals surface area contributed by atoms with Crippen LogP contribution in [0.25, 0.3) is 21.1 Å². The van der Waals surface area contributed by atoms with Crippen LogP contribution in [0.5, 0.6) is 11.5 Å². The van der Waals surface area contributed by atoms with Crippen molar-refractivity contribution in [2.24, 2.45) is 0 Å². The van der Waals surface area contributed by atoms with Gasteiger partial charge < -0.3 is 18.9 Å². The molecule has 2 heterocycles. The van der Waals surface area contributed by atoms with Crippen LogP contribution >= 0.6 is 11.3 Å². The maximum absolute atomic E-state index is 15.3. The fraction of sp³-hybridized carbons (Fsp3) is 0.484. The van der Waals surface area contributed by atoms with E-state index in [2.05, 4.69) is 16.3 Å². The van der Waals surface area contributed by atoms with Gasteiger partial charge in [-0.2, -0.15) is 5.26 Å². The van der Waals surface area contributed by atoms with Crippen LogP contribution in [0.15, 0.2) is 30.3 Å². The number of rotatable bonds is 7. The molecule has 0 spiro atoms. The summed E-state index contributed by atoms with van der Waals surface area (Å²) in [5.41, 5.74) is 0.842. The van der Waals surface area contributed by atoms with E-state index >= 15 is 4.39 Å². The van der Waals surface area contributed by atoms with E-state index in [1.54, 1.807) is 52.8 Å². The molecule has 1 aliphatic rings. The SMILES string of the molecule is Cc1cc(OCC2C(C)OC(C)(C)N2C(=O)OC(C)(C)C)c(F)cc1-c1nnc(-c2ccc(OC(C)C)c(C#N)c2)s1. The summed E-state index contributed by atoms with van der Waals surface area (Å²) in [7, 11) is 0. The summed E-state index contributed by atoms with van der Waals surface area (Å²) in [6.45, 7) is 16.5. The van der Waals surface area contributed by atoms with Crippen LogP contribution in [-0.2, 0) is 9.47 Å². The largest absolute Gasteiger partial charge is 0.490 e. The second kappa shape index (κ2) is 11.9. The maximum Gasteiger partial charge on any atom is 0.413 e. The van der Waals surface area contributed by atoms with E-state index in [0.29, 0.717) is 26.9 Å². The number of nitrogens with zero attached hydrogens (tertiary/aromatic N) is 4. The molecule has 1 saturated heterocycles. The van der Waals surface area contributed by atoms with Gasteiger partial charge in [0.15, 0.2) is 11.6 Å². The summed E-state index contributed by atoms with van der Waals surface area (Å²) in [5.74, 6) is -0.00350. The highest BCUT2D eigenvalue weighted by molar-refractivity contribution is 7.17. The molecule has 9 nitrogen and oxygen atoms in total. The summed E-state index contributed by atoms with van der Waals surface area (Å²) in [6.07, 6.45) is -0.941. The van der Waals surface area contributed by atoms with Crippen LogP contribution < -0.4 is 9.47 Å². The smallest absolute Gasteiger partial charge is 0.413 e. The molecular weight excluding hydrogens is 559 g/mol. The first-order valence-corrected chi connectivity index (χ1v) is 14.6. The summed E-state index contributed by atoms with van der Waals surface area (Å²) in [6, 6.07) is 9.93. The van der Waals surface area contributed by atoms with E-state index < -0.39 is 29.3 Å². The van der Waals surface area contributed by atoms with E-state index in [9.17, 15) is 10.1 Å². The van der Waals surface area contributed by atoms with E-state index in [1.165, 1.54) is 22.3 Å². The third-order valence-electron chi connectivity index (χ3n) is 6.57. The van der Waals surface area contributed by atoms with Gasteiger partial charge in [0.05, 0.1) is 23.8 Å². The van der Waals surface area contributed by atoms with Gasteiger partial charge in [-0.1, -0.05) is 11.3 Å². The van der Waals surface area contributed by atoms with Crippen LogP contribution in [0, 0.1) is 24.1 Å². The fourth-order valence-corrected chi connectivity index (χ4v) is 5.72. The minimum Gasteiger partial charge on any atom is -0.490 e. The van der Waals surface area contributed by atoms with Crippen molar-refractivity contribution in [3.63, 3.8) is 0 Å². The average Bonchev–Trinajstić information content (AvgIpc) is 3.44. The Kier molecular flexibility index (Phi) is 8.81. The van der Waals surface area contributed by atoms with E-state index in [4.69, 9.17) is 18.9 Å². The van der Waals surface area contributed by atoms with Crippen molar-refractivity contribution in [1.82, 2.24) is 15.1 Å². The molecule has 0 bridgehead atoms. The van der Waals surface area contributed by atoms with Gasteiger partial charge >= 0.3 is 6.09 Å². The molecular formula is C31H37FN4O5S. The number of ether oxygens (including phenoxy) is 4. The molecule has 2 unspecified atom stereocenters. The standard InChI is InChI=1S/C31H37FN4O5S/c1-17(2)39-25-11-10-20(13-21(25)15-33)27-34-35-28(42-27)22-14-23(32)26(12-18(22)3)38-16-24-19(4)40-31(8,9)36(24)29(37)41-30(5,6)7/h10-14,17,19,24H,16H2,1-9H3. The molecule has 1 aliphatic heterocycles. The molecule has 42 heavy (non-hydrogen) atoms. The molecule has 0 radical (unpaired) electrons. The van der Waals surface area contributed by atoms with Crippen molar-refractivity contribution in [1.29, 1.82) is 5.26 Å². The van der Waals surface area contributed by atoms with E-state index in [-0.39, 0.29) is 24.6 Å². The minimum atomic E-state index is -0.917. The first-order valence-electron chi connectivity index (χ1n) is 13.8. The van der Waals surface area contributed by atoms with Gasteiger partial charge in [-0.15, -0.1) is 10.2 Å². The van der Waals surface area contributed by atoms with Crippen LogP contribution in [0.3, 0.4) is 0 Å². The molecule has 0 aliphatic carbocycles. The minimum absolute atomic E-state index is 0.0141. The number of halogens is 1. The first kappa shape index (κ1) is 31.2. The monoisotopic (exact) mass is 596 g/mol. The summed E-state index contributed by atoms with van der Waals surface area (Å²) >= 11 is 1.29. The number of amides is 1. The second-order valence-electron chi connectivity index (χ2n) is 12.0. The fourth-order valence-electron chi connectivity index (χ4n) is 4.80. The lowest BCUT2D eigenvalue weighted by atomic mass is 10.1. The Morgan fingerprint density at radius 1 is 1.19 bits per heavy atom. The molecule has 2 atom stereocenters. The quantitative estimate of drug-likeness (QED) is 0.284. The van der Waals surface area contributed by atoms with Crippen molar-refractivity contribution < 1.29 is 28.1 Å². The van der Waals surface area contributed by atoms with Gasteiger partial charge in [0.2, 0.25) is 0 Å². The molecule has 2 aromatic carbocycles. The molecule has 11 heteroatoms. The van der Waals surface area contributed by atoms with Gasteiger partial charge in [0, 0.05) is 11.1 Å². The number of hydrogen-bond donors (Lipinski definition) is 0. The highest BCUT2D eigenvalue weighted by Gasteiger charge is 2.50. The first-order chi connectivity index (χ1) is 19.6. The van der Waals surface area contributed by atoms with Gasteiger partial charge in [-0.3, -0.25) is 4.90 Å². The van der Waals surface area contributed by atoms with Gasteiger partial charge in [-0.25, -0.2) is 9.18 Å². The number of hydrogen-bond acceptors (Lipinski definition) is 9. The number of aryl methyl sites for hydroxylation is 1. The Hall–Kier alpha value is -3.75. The number of nitriles is 1. The van der Waals surface area contributed by atoms with Crippen LogP contribution in [0.2, 0.25) is 0 Å². The van der Waals surface area contributed by atoms with Crippen LogP contribution in [0.4, 0.5) is 9.18 Å². The number of carbonyl (C=O) groups is 1. The summed E-state index contributed by atoms with van der Waals surface area (Å²) in [4.78, 5) is 14.5. The lowest BCUT2D eigenvalue weighted by molar-refractivity contribution is -0.0760. The second-order valence-corrected chi connectivity index (χ2v) is 13.0. The third kappa shape index (κ3) is 6.82. The Balaban J connectivity index is 1.53. The summed E-state index contributed by atoms with van der Waals surface area (Å²) in [5, 5.41) is 19.3. The third-order valence-corrected chi connectivity index (χ3v) is 7.58. The molecule has 1 amide bonds. The lowest BCUT2D eigenvalue weighted by Crippen LogP contribution is -2.52. The zero-order chi connectivity index (χ0) is 31.0. The molecule has 0 saturated carbocycles. The predicted molar refractivity (Wildman–Crippen MR) is 158 cm³/mol. The van der Waals surface area contributed by atoms with Gasteiger partial charge in [-0.05, 0) is 98.2 Å². The lowest BCUT2D eigenvalue weighted by Gasteiger charge is -2.35. The highest BCUT2D eigenvalue weighted by atomic mass is 32.1. The number of benzene rings is 2. The Bertz CT molecular complexity index is 1510. The summed E-state index contributed by atoms with van der Waals surface area (Å²) < 4.78 is 38.6. The zero-order valence-electron chi connectivity index (χ0n) is 25.4. The Morgan fingerprint density at radius 3 is 2.52 bits per heavy atom. The molecule has 1 fully saturated rings. The van der Waals surface area contributed by atoms with Gasteiger partial charge in [0.25, 0.3) is 0 Å². The van der Waals surface area contributed by atoms with Crippen molar-refractivity contribution in [3.05, 3.63) is 47.3 Å². The Labute approximate surface area is 250 Å². The van der Waals surface area contributed by atoms with E-state index in [1.807, 2.05) is 33.8 Å². The van der Waals surface area contributed by atoms with Gasteiger partial charge in [0.1, 0.15) is 39.8 Å². The molecule has 1 aromatic heterocycles. The van der Waals surface area contributed by atoms with Crippen LogP contribution in [0.1, 0.15) is 66.5 Å². The normalized spacial score (nSPS) is 18.2. The zero-order valence-corrected chi connectivity index (χ0v) is 26.3. The maximum atomic E-state index is 15.3. The molecule has 3 aromatic rings. The highest BCUT2D eigenvalue weighted by Crippen LogP contribution is 2.37. The number of carbonyl (C=O) groups excluding carboxylic acids is 1. The van der Waals surface area contributed by atoms with Crippen molar-refractivity contribution in [2.45, 2.75) is 91.9 Å². The van der Waals surface area contributed by atoms with Crippen LogP contribution in [-0.4, -0.2) is 57.4 Å². The molecule has 4 rings (SSSR count). The topological polar surface area (TPSA) is 107 Å². The van der Waals surface area contributed by atoms with E-state index in [0.717, 1.165) is 11.1 Å².